The summed E-state index contributed by atoms with van der Waals surface area (Å²) in [5.74, 6) is 1.00. The number of rotatable bonds is 2. The summed E-state index contributed by atoms with van der Waals surface area (Å²) in [5.41, 5.74) is 2.32. The van der Waals surface area contributed by atoms with E-state index in [1.165, 1.54) is 5.56 Å². The molecule has 4 nitrogen and oxygen atoms in total. The lowest BCUT2D eigenvalue weighted by molar-refractivity contribution is 0.442. The first-order chi connectivity index (χ1) is 7.46. The molecule has 16 heavy (non-hydrogen) atoms. The highest BCUT2D eigenvalue weighted by Crippen LogP contribution is 2.17. The van der Waals surface area contributed by atoms with Gasteiger partial charge in [-0.3, -0.25) is 0 Å². The van der Waals surface area contributed by atoms with Crippen LogP contribution in [0.25, 0.3) is 5.65 Å². The molecule has 0 spiro atoms. The highest BCUT2D eigenvalue weighted by molar-refractivity contribution is 5.51. The smallest absolute Gasteiger partial charge is 0.157 e. The fourth-order valence-electron chi connectivity index (χ4n) is 1.54. The van der Waals surface area contributed by atoms with Crippen molar-refractivity contribution < 1.29 is 0 Å². The monoisotopic (exact) mass is 218 g/mol. The normalized spacial score (nSPS) is 12.0. The Morgan fingerprint density at radius 2 is 2.06 bits per heavy atom. The van der Waals surface area contributed by atoms with Crippen LogP contribution in [-0.2, 0) is 0 Å². The predicted molar refractivity (Wildman–Crippen MR) is 65.7 cm³/mol. The third-order valence-corrected chi connectivity index (χ3v) is 2.32. The van der Waals surface area contributed by atoms with E-state index in [1.54, 1.807) is 6.33 Å². The summed E-state index contributed by atoms with van der Waals surface area (Å²) in [5, 5.41) is 7.62. The van der Waals surface area contributed by atoms with E-state index in [0.29, 0.717) is 0 Å². The number of aromatic nitrogens is 3. The zero-order valence-corrected chi connectivity index (χ0v) is 10.3. The van der Waals surface area contributed by atoms with Gasteiger partial charge in [0.25, 0.3) is 0 Å². The second-order valence-electron chi connectivity index (χ2n) is 5.36. The molecule has 0 amide bonds. The minimum absolute atomic E-state index is 0.247. The third kappa shape index (κ3) is 2.32. The number of fused-ring (bicyclic) bond motifs is 1. The molecule has 0 radical (unpaired) electrons. The SMILES string of the molecule is Cc1cc(NCC(C)(C)C)n2ncnc2c1. The van der Waals surface area contributed by atoms with Crippen molar-refractivity contribution in [1.82, 2.24) is 14.6 Å². The van der Waals surface area contributed by atoms with Gasteiger partial charge in [0.15, 0.2) is 5.65 Å². The average molecular weight is 218 g/mol. The second-order valence-corrected chi connectivity index (χ2v) is 5.36. The average Bonchev–Trinajstić information content (AvgIpc) is 2.60. The van der Waals surface area contributed by atoms with E-state index in [0.717, 1.165) is 18.0 Å². The van der Waals surface area contributed by atoms with Gasteiger partial charge in [0.1, 0.15) is 12.1 Å². The number of nitrogens with zero attached hydrogens (tertiary/aromatic N) is 3. The molecule has 0 aliphatic heterocycles. The number of hydrogen-bond donors (Lipinski definition) is 1. The maximum absolute atomic E-state index is 4.20. The van der Waals surface area contributed by atoms with Gasteiger partial charge in [0, 0.05) is 6.54 Å². The Labute approximate surface area is 95.7 Å². The molecule has 0 atom stereocenters. The molecule has 0 bridgehead atoms. The van der Waals surface area contributed by atoms with E-state index in [-0.39, 0.29) is 5.41 Å². The summed E-state index contributed by atoms with van der Waals surface area (Å²) < 4.78 is 1.83. The predicted octanol–water partition coefficient (Wildman–Crippen LogP) is 2.50. The Kier molecular flexibility index (Phi) is 2.58. The van der Waals surface area contributed by atoms with Gasteiger partial charge >= 0.3 is 0 Å². The lowest BCUT2D eigenvalue weighted by atomic mass is 9.97. The fourth-order valence-corrected chi connectivity index (χ4v) is 1.54. The van der Waals surface area contributed by atoms with Crippen LogP contribution in [-0.4, -0.2) is 21.1 Å². The molecular formula is C12H18N4. The molecule has 0 aliphatic rings. The minimum atomic E-state index is 0.247. The highest BCUT2D eigenvalue weighted by Gasteiger charge is 2.11. The van der Waals surface area contributed by atoms with Gasteiger partial charge < -0.3 is 5.32 Å². The van der Waals surface area contributed by atoms with Gasteiger partial charge in [-0.1, -0.05) is 20.8 Å². The van der Waals surface area contributed by atoms with Crippen LogP contribution in [0, 0.1) is 12.3 Å². The number of hydrogen-bond acceptors (Lipinski definition) is 3. The quantitative estimate of drug-likeness (QED) is 0.842. The lowest BCUT2D eigenvalue weighted by Crippen LogP contribution is -2.20. The summed E-state index contributed by atoms with van der Waals surface area (Å²) in [6.07, 6.45) is 1.58. The Morgan fingerprint density at radius 1 is 1.31 bits per heavy atom. The van der Waals surface area contributed by atoms with Crippen molar-refractivity contribution in [3.05, 3.63) is 24.0 Å². The van der Waals surface area contributed by atoms with Crippen LogP contribution in [0.15, 0.2) is 18.5 Å². The van der Waals surface area contributed by atoms with Crippen LogP contribution < -0.4 is 5.32 Å². The first kappa shape index (κ1) is 10.9. The maximum Gasteiger partial charge on any atom is 0.157 e. The molecule has 2 aromatic rings. The summed E-state index contributed by atoms with van der Waals surface area (Å²) in [4.78, 5) is 4.20. The van der Waals surface area contributed by atoms with Crippen molar-refractivity contribution in [3.63, 3.8) is 0 Å². The summed E-state index contributed by atoms with van der Waals surface area (Å²) in [6, 6.07) is 4.11. The van der Waals surface area contributed by atoms with Crippen LogP contribution in [0.4, 0.5) is 5.82 Å². The van der Waals surface area contributed by atoms with Crippen LogP contribution in [0.3, 0.4) is 0 Å². The first-order valence-corrected chi connectivity index (χ1v) is 5.50. The van der Waals surface area contributed by atoms with Crippen LogP contribution in [0.2, 0.25) is 0 Å². The Bertz CT molecular complexity index is 493. The van der Waals surface area contributed by atoms with Crippen LogP contribution in [0.1, 0.15) is 26.3 Å². The fraction of sp³-hybridized carbons (Fsp3) is 0.500. The number of aryl methyl sites for hydroxylation is 1. The number of pyridine rings is 1. The van der Waals surface area contributed by atoms with E-state index in [9.17, 15) is 0 Å². The molecule has 86 valence electrons. The van der Waals surface area contributed by atoms with Crippen molar-refractivity contribution in [2.75, 3.05) is 11.9 Å². The first-order valence-electron chi connectivity index (χ1n) is 5.50. The van der Waals surface area contributed by atoms with Crippen LogP contribution >= 0.6 is 0 Å². The van der Waals surface area contributed by atoms with E-state index < -0.39 is 0 Å². The van der Waals surface area contributed by atoms with E-state index >= 15 is 0 Å². The van der Waals surface area contributed by atoms with E-state index in [2.05, 4.69) is 49.2 Å². The Morgan fingerprint density at radius 3 is 2.75 bits per heavy atom. The maximum atomic E-state index is 4.20. The molecule has 0 fully saturated rings. The Balaban J connectivity index is 2.32. The standard InChI is InChI=1S/C12H18N4/c1-9-5-10(13-7-12(2,3)4)16-11(6-9)14-8-15-16/h5-6,8,13H,7H2,1-4H3. The lowest BCUT2D eigenvalue weighted by Gasteiger charge is -2.20. The van der Waals surface area contributed by atoms with E-state index in [1.807, 2.05) is 10.6 Å². The molecule has 4 heteroatoms. The molecule has 0 saturated heterocycles. The number of nitrogens with one attached hydrogen (secondary N) is 1. The van der Waals surface area contributed by atoms with Crippen molar-refractivity contribution in [2.45, 2.75) is 27.7 Å². The van der Waals surface area contributed by atoms with Gasteiger partial charge in [0.2, 0.25) is 0 Å². The van der Waals surface area contributed by atoms with Gasteiger partial charge in [0.05, 0.1) is 0 Å². The second kappa shape index (κ2) is 3.77. The molecular weight excluding hydrogens is 200 g/mol. The molecule has 2 rings (SSSR count). The van der Waals surface area contributed by atoms with Crippen LogP contribution in [0.5, 0.6) is 0 Å². The highest BCUT2D eigenvalue weighted by atomic mass is 15.3. The summed E-state index contributed by atoms with van der Waals surface area (Å²) >= 11 is 0. The summed E-state index contributed by atoms with van der Waals surface area (Å²) in [7, 11) is 0. The zero-order chi connectivity index (χ0) is 11.8. The molecule has 2 heterocycles. The van der Waals surface area contributed by atoms with Gasteiger partial charge in [-0.05, 0) is 30.0 Å². The summed E-state index contributed by atoms with van der Waals surface area (Å²) in [6.45, 7) is 9.58. The van der Waals surface area contributed by atoms with Crippen molar-refractivity contribution in [1.29, 1.82) is 0 Å². The van der Waals surface area contributed by atoms with Gasteiger partial charge in [-0.2, -0.15) is 9.61 Å². The van der Waals surface area contributed by atoms with Crippen molar-refractivity contribution in [2.24, 2.45) is 5.41 Å². The minimum Gasteiger partial charge on any atom is -0.369 e. The number of anilines is 1. The third-order valence-electron chi connectivity index (χ3n) is 2.32. The van der Waals surface area contributed by atoms with E-state index in [4.69, 9.17) is 0 Å². The van der Waals surface area contributed by atoms with Gasteiger partial charge in [-0.15, -0.1) is 0 Å². The molecule has 2 aromatic heterocycles. The molecule has 0 aliphatic carbocycles. The zero-order valence-electron chi connectivity index (χ0n) is 10.3. The van der Waals surface area contributed by atoms with Gasteiger partial charge in [-0.25, -0.2) is 4.98 Å². The Hall–Kier alpha value is -1.58. The molecule has 0 unspecified atom stereocenters. The van der Waals surface area contributed by atoms with Crippen molar-refractivity contribution in [3.8, 4) is 0 Å². The topological polar surface area (TPSA) is 42.2 Å². The largest absolute Gasteiger partial charge is 0.369 e. The van der Waals surface area contributed by atoms with Crippen molar-refractivity contribution >= 4 is 11.5 Å². The molecule has 1 N–H and O–H groups in total. The molecule has 0 saturated carbocycles. The molecule has 0 aromatic carbocycles.